The Bertz CT molecular complexity index is 208. The fourth-order valence-electron chi connectivity index (χ4n) is 2.55. The second kappa shape index (κ2) is 6.72. The standard InChI is InChI=1S/C14H27NO2/c1-11-9-14(10-12(2)17-11)16-8-4-3-7-15-13-5-6-13/h11-15H,3-10H2,1-2H3. The number of unbranched alkanes of at least 4 members (excludes halogenated alkanes) is 1. The molecule has 2 unspecified atom stereocenters. The van der Waals surface area contributed by atoms with Gasteiger partial charge < -0.3 is 14.8 Å². The van der Waals surface area contributed by atoms with Crippen LogP contribution in [-0.4, -0.2) is 37.5 Å². The predicted octanol–water partition coefficient (Wildman–Crippen LogP) is 2.49. The minimum absolute atomic E-state index is 0.361. The Morgan fingerprint density at radius 2 is 1.82 bits per heavy atom. The lowest BCUT2D eigenvalue weighted by Gasteiger charge is -2.32. The van der Waals surface area contributed by atoms with Gasteiger partial charge in [-0.3, -0.25) is 0 Å². The van der Waals surface area contributed by atoms with E-state index in [1.807, 2.05) is 0 Å². The Kier molecular flexibility index (Phi) is 5.26. The fourth-order valence-corrected chi connectivity index (χ4v) is 2.55. The zero-order valence-electron chi connectivity index (χ0n) is 11.3. The lowest BCUT2D eigenvalue weighted by atomic mass is 10.0. The van der Waals surface area contributed by atoms with Gasteiger partial charge in [0, 0.05) is 12.6 Å². The first-order chi connectivity index (χ1) is 8.24. The van der Waals surface area contributed by atoms with Crippen molar-refractivity contribution in [3.63, 3.8) is 0 Å². The summed E-state index contributed by atoms with van der Waals surface area (Å²) < 4.78 is 11.6. The van der Waals surface area contributed by atoms with Gasteiger partial charge in [-0.05, 0) is 58.9 Å². The monoisotopic (exact) mass is 241 g/mol. The van der Waals surface area contributed by atoms with Gasteiger partial charge in [0.15, 0.2) is 0 Å². The van der Waals surface area contributed by atoms with Gasteiger partial charge >= 0.3 is 0 Å². The number of hydrogen-bond donors (Lipinski definition) is 1. The minimum Gasteiger partial charge on any atom is -0.378 e. The molecular weight excluding hydrogens is 214 g/mol. The minimum atomic E-state index is 0.361. The van der Waals surface area contributed by atoms with Crippen LogP contribution in [0.1, 0.15) is 52.4 Å². The second-order valence-electron chi connectivity index (χ2n) is 5.66. The number of hydrogen-bond acceptors (Lipinski definition) is 3. The van der Waals surface area contributed by atoms with Gasteiger partial charge in [0.25, 0.3) is 0 Å². The molecule has 3 heteroatoms. The van der Waals surface area contributed by atoms with Crippen LogP contribution in [0.25, 0.3) is 0 Å². The third-order valence-corrected chi connectivity index (χ3v) is 3.59. The molecule has 0 amide bonds. The Hall–Kier alpha value is -0.120. The summed E-state index contributed by atoms with van der Waals surface area (Å²) in [6, 6.07) is 0.841. The molecular formula is C14H27NO2. The largest absolute Gasteiger partial charge is 0.378 e. The van der Waals surface area contributed by atoms with Crippen molar-refractivity contribution in [2.75, 3.05) is 13.2 Å². The molecule has 0 spiro atoms. The average Bonchev–Trinajstić information content (AvgIpc) is 3.05. The maximum atomic E-state index is 5.94. The molecule has 0 aromatic heterocycles. The van der Waals surface area contributed by atoms with E-state index in [1.165, 1.54) is 25.7 Å². The van der Waals surface area contributed by atoms with Crippen LogP contribution in [-0.2, 0) is 9.47 Å². The van der Waals surface area contributed by atoms with Crippen LogP contribution in [0.5, 0.6) is 0 Å². The smallest absolute Gasteiger partial charge is 0.0624 e. The maximum Gasteiger partial charge on any atom is 0.0624 e. The molecule has 2 aliphatic rings. The molecule has 1 heterocycles. The van der Waals surface area contributed by atoms with Gasteiger partial charge in [0.2, 0.25) is 0 Å². The van der Waals surface area contributed by atoms with E-state index in [1.54, 1.807) is 0 Å². The Labute approximate surface area is 105 Å². The molecule has 2 rings (SSSR count). The van der Waals surface area contributed by atoms with Crippen LogP contribution < -0.4 is 5.32 Å². The van der Waals surface area contributed by atoms with E-state index in [0.717, 1.165) is 32.0 Å². The molecule has 17 heavy (non-hydrogen) atoms. The van der Waals surface area contributed by atoms with Crippen molar-refractivity contribution in [2.45, 2.75) is 76.7 Å². The van der Waals surface area contributed by atoms with Gasteiger partial charge in [-0.15, -0.1) is 0 Å². The lowest BCUT2D eigenvalue weighted by Crippen LogP contribution is -2.34. The highest BCUT2D eigenvalue weighted by Crippen LogP contribution is 2.22. The summed E-state index contributed by atoms with van der Waals surface area (Å²) >= 11 is 0. The molecule has 0 aromatic carbocycles. The SMILES string of the molecule is CC1CC(OCCCCNC2CC2)CC(C)O1. The quantitative estimate of drug-likeness (QED) is 0.695. The topological polar surface area (TPSA) is 30.5 Å². The lowest BCUT2D eigenvalue weighted by molar-refractivity contribution is -0.102. The molecule has 100 valence electrons. The van der Waals surface area contributed by atoms with E-state index >= 15 is 0 Å². The van der Waals surface area contributed by atoms with Crippen LogP contribution in [0.3, 0.4) is 0 Å². The number of nitrogens with one attached hydrogen (secondary N) is 1. The predicted molar refractivity (Wildman–Crippen MR) is 69.2 cm³/mol. The van der Waals surface area contributed by atoms with Crippen LogP contribution in [0.15, 0.2) is 0 Å². The first kappa shape index (κ1) is 13.3. The summed E-state index contributed by atoms with van der Waals surface area (Å²) in [5.74, 6) is 0. The van der Waals surface area contributed by atoms with E-state index in [2.05, 4.69) is 19.2 Å². The van der Waals surface area contributed by atoms with E-state index < -0.39 is 0 Å². The van der Waals surface area contributed by atoms with Gasteiger partial charge in [-0.25, -0.2) is 0 Å². The highest BCUT2D eigenvalue weighted by Gasteiger charge is 2.24. The van der Waals surface area contributed by atoms with Gasteiger partial charge in [0.05, 0.1) is 18.3 Å². The molecule has 0 radical (unpaired) electrons. The van der Waals surface area contributed by atoms with Crippen molar-refractivity contribution in [2.24, 2.45) is 0 Å². The fraction of sp³-hybridized carbons (Fsp3) is 1.00. The summed E-state index contributed by atoms with van der Waals surface area (Å²) in [6.07, 6.45) is 8.45. The van der Waals surface area contributed by atoms with E-state index in [0.29, 0.717) is 18.3 Å². The molecule has 2 atom stereocenters. The third-order valence-electron chi connectivity index (χ3n) is 3.59. The Morgan fingerprint density at radius 3 is 2.47 bits per heavy atom. The van der Waals surface area contributed by atoms with Crippen molar-refractivity contribution in [1.29, 1.82) is 0 Å². The van der Waals surface area contributed by atoms with E-state index in [4.69, 9.17) is 9.47 Å². The molecule has 3 nitrogen and oxygen atoms in total. The summed E-state index contributed by atoms with van der Waals surface area (Å²) in [4.78, 5) is 0. The average molecular weight is 241 g/mol. The summed E-state index contributed by atoms with van der Waals surface area (Å²) in [5.41, 5.74) is 0. The molecule has 1 aliphatic carbocycles. The van der Waals surface area contributed by atoms with Crippen LogP contribution in [0.2, 0.25) is 0 Å². The molecule has 0 bridgehead atoms. The molecule has 0 aromatic rings. The molecule has 1 saturated carbocycles. The van der Waals surface area contributed by atoms with Crippen LogP contribution in [0.4, 0.5) is 0 Å². The Balaban J connectivity index is 1.46. The van der Waals surface area contributed by atoms with Gasteiger partial charge in [0.1, 0.15) is 0 Å². The van der Waals surface area contributed by atoms with E-state index in [9.17, 15) is 0 Å². The Morgan fingerprint density at radius 1 is 1.12 bits per heavy atom. The van der Waals surface area contributed by atoms with Crippen molar-refractivity contribution < 1.29 is 9.47 Å². The highest BCUT2D eigenvalue weighted by atomic mass is 16.5. The summed E-state index contributed by atoms with van der Waals surface area (Å²) in [5, 5.41) is 3.53. The molecule has 1 N–H and O–H groups in total. The summed E-state index contributed by atoms with van der Waals surface area (Å²) in [6.45, 7) is 6.36. The molecule has 1 saturated heterocycles. The van der Waals surface area contributed by atoms with Crippen molar-refractivity contribution >= 4 is 0 Å². The first-order valence-corrected chi connectivity index (χ1v) is 7.24. The maximum absolute atomic E-state index is 5.94. The van der Waals surface area contributed by atoms with Crippen molar-refractivity contribution in [3.8, 4) is 0 Å². The first-order valence-electron chi connectivity index (χ1n) is 7.24. The molecule has 2 fully saturated rings. The van der Waals surface area contributed by atoms with E-state index in [-0.39, 0.29) is 0 Å². The second-order valence-corrected chi connectivity index (χ2v) is 5.66. The normalized spacial score (nSPS) is 33.9. The third kappa shape index (κ3) is 5.36. The van der Waals surface area contributed by atoms with Crippen LogP contribution >= 0.6 is 0 Å². The summed E-state index contributed by atoms with van der Waals surface area (Å²) in [7, 11) is 0. The van der Waals surface area contributed by atoms with Crippen molar-refractivity contribution in [3.05, 3.63) is 0 Å². The van der Waals surface area contributed by atoms with Crippen molar-refractivity contribution in [1.82, 2.24) is 5.32 Å². The van der Waals surface area contributed by atoms with Gasteiger partial charge in [-0.1, -0.05) is 0 Å². The van der Waals surface area contributed by atoms with Crippen LogP contribution in [0, 0.1) is 0 Å². The zero-order chi connectivity index (χ0) is 12.1. The van der Waals surface area contributed by atoms with Gasteiger partial charge in [-0.2, -0.15) is 0 Å². The number of rotatable bonds is 7. The highest BCUT2D eigenvalue weighted by molar-refractivity contribution is 4.80. The zero-order valence-corrected chi connectivity index (χ0v) is 11.3. The number of ether oxygens (including phenoxy) is 2. The molecule has 1 aliphatic heterocycles.